The van der Waals surface area contributed by atoms with Crippen molar-refractivity contribution in [2.24, 2.45) is 0 Å². The van der Waals surface area contributed by atoms with Crippen molar-refractivity contribution in [3.05, 3.63) is 36.5 Å². The van der Waals surface area contributed by atoms with Gasteiger partial charge >= 0.3 is 0 Å². The molecule has 2 rings (SSSR count). The second kappa shape index (κ2) is 28.4. The number of hydrogen-bond acceptors (Lipinski definition) is 2. The molecule has 1 aliphatic carbocycles. The second-order valence-electron chi connectivity index (χ2n) is 14.2. The molecule has 1 aliphatic heterocycles. The van der Waals surface area contributed by atoms with Crippen molar-refractivity contribution in [2.75, 3.05) is 0 Å². The smallest absolute Gasteiger partial charge is 0.169 e. The van der Waals surface area contributed by atoms with E-state index in [4.69, 9.17) is 9.47 Å². The third-order valence-electron chi connectivity index (χ3n) is 9.95. The maximum Gasteiger partial charge on any atom is 0.169 e. The van der Waals surface area contributed by atoms with Crippen LogP contribution in [-0.4, -0.2) is 18.0 Å². The van der Waals surface area contributed by atoms with Crippen LogP contribution >= 0.6 is 0 Å². The molecule has 0 N–H and O–H groups in total. The zero-order valence-corrected chi connectivity index (χ0v) is 29.9. The molecule has 2 fully saturated rings. The van der Waals surface area contributed by atoms with Gasteiger partial charge in [-0.25, -0.2) is 0 Å². The first-order valence-corrected chi connectivity index (χ1v) is 20.1. The van der Waals surface area contributed by atoms with E-state index in [9.17, 15) is 0 Å². The summed E-state index contributed by atoms with van der Waals surface area (Å²) < 4.78 is 13.4. The van der Waals surface area contributed by atoms with Crippen LogP contribution in [0.4, 0.5) is 0 Å². The Labute approximate surface area is 276 Å². The fraction of sp³-hybridized carbons (Fsp3) is 0.857. The minimum absolute atomic E-state index is 0.258. The number of allylic oxidation sites excluding steroid dienone is 6. The van der Waals surface area contributed by atoms with Crippen LogP contribution in [0.2, 0.25) is 0 Å². The van der Waals surface area contributed by atoms with Crippen molar-refractivity contribution >= 4 is 0 Å². The summed E-state index contributed by atoms with van der Waals surface area (Å²) in [6, 6.07) is 0. The largest absolute Gasteiger partial charge is 0.344 e. The van der Waals surface area contributed by atoms with E-state index in [1.54, 1.807) is 0 Å². The van der Waals surface area contributed by atoms with Crippen molar-refractivity contribution in [3.63, 3.8) is 0 Å². The van der Waals surface area contributed by atoms with Crippen LogP contribution in [0, 0.1) is 0 Å². The third kappa shape index (κ3) is 20.3. The Balaban J connectivity index is 1.45. The van der Waals surface area contributed by atoms with Gasteiger partial charge in [-0.2, -0.15) is 0 Å². The molecule has 0 aromatic heterocycles. The molecule has 2 nitrogen and oxygen atoms in total. The summed E-state index contributed by atoms with van der Waals surface area (Å²) in [5.74, 6) is -0.258. The molecule has 2 aliphatic rings. The highest BCUT2D eigenvalue weighted by atomic mass is 16.8. The van der Waals surface area contributed by atoms with Gasteiger partial charge in [0, 0.05) is 12.8 Å². The lowest BCUT2D eigenvalue weighted by molar-refractivity contribution is -0.190. The quantitative estimate of drug-likeness (QED) is 0.0573. The SMILES string of the molecule is CCCCC/C=C\C/C=C\CCCCCCCCC1(CCCCCCCC/C=C\CCCCCCCC)O[C@H]2CCC[C@H]2O1. The number of unbranched alkanes of at least 4 members (excludes halogenated alkanes) is 21. The van der Waals surface area contributed by atoms with E-state index in [-0.39, 0.29) is 5.79 Å². The summed E-state index contributed by atoms with van der Waals surface area (Å²) in [6.07, 6.45) is 55.8. The predicted octanol–water partition coefficient (Wildman–Crippen LogP) is 14.3. The lowest BCUT2D eigenvalue weighted by atomic mass is 9.98. The predicted molar refractivity (Wildman–Crippen MR) is 194 cm³/mol. The van der Waals surface area contributed by atoms with E-state index < -0.39 is 0 Å². The minimum atomic E-state index is -0.258. The van der Waals surface area contributed by atoms with E-state index in [1.807, 2.05) is 0 Å². The summed E-state index contributed by atoms with van der Waals surface area (Å²) in [5, 5.41) is 0. The lowest BCUT2D eigenvalue weighted by Crippen LogP contribution is -2.31. The Bertz CT molecular complexity index is 695. The highest BCUT2D eigenvalue weighted by Crippen LogP contribution is 2.43. The summed E-state index contributed by atoms with van der Waals surface area (Å²) in [6.45, 7) is 4.57. The van der Waals surface area contributed by atoms with Gasteiger partial charge in [0.25, 0.3) is 0 Å². The fourth-order valence-corrected chi connectivity index (χ4v) is 7.13. The van der Waals surface area contributed by atoms with Crippen LogP contribution < -0.4 is 0 Å². The molecular weight excluding hydrogens is 536 g/mol. The topological polar surface area (TPSA) is 18.5 Å². The van der Waals surface area contributed by atoms with Crippen LogP contribution in [0.5, 0.6) is 0 Å². The molecule has 0 aromatic rings. The van der Waals surface area contributed by atoms with Crippen LogP contribution in [0.25, 0.3) is 0 Å². The van der Waals surface area contributed by atoms with Gasteiger partial charge in [-0.3, -0.25) is 0 Å². The van der Waals surface area contributed by atoms with Crippen molar-refractivity contribution in [3.8, 4) is 0 Å². The number of fused-ring (bicyclic) bond motifs is 1. The van der Waals surface area contributed by atoms with Gasteiger partial charge in [0.05, 0.1) is 12.2 Å². The molecule has 0 amide bonds. The van der Waals surface area contributed by atoms with E-state index in [1.165, 1.54) is 180 Å². The Hall–Kier alpha value is -0.860. The van der Waals surface area contributed by atoms with Gasteiger partial charge in [-0.05, 0) is 89.9 Å². The zero-order chi connectivity index (χ0) is 31.2. The number of ether oxygens (including phenoxy) is 2. The summed E-state index contributed by atoms with van der Waals surface area (Å²) in [4.78, 5) is 0. The third-order valence-corrected chi connectivity index (χ3v) is 9.95. The fourth-order valence-electron chi connectivity index (χ4n) is 7.13. The van der Waals surface area contributed by atoms with Crippen LogP contribution in [-0.2, 0) is 9.47 Å². The second-order valence-corrected chi connectivity index (χ2v) is 14.2. The van der Waals surface area contributed by atoms with Crippen molar-refractivity contribution < 1.29 is 9.47 Å². The molecule has 0 aromatic carbocycles. The average Bonchev–Trinajstić information content (AvgIpc) is 3.60. The molecule has 0 spiro atoms. The zero-order valence-electron chi connectivity index (χ0n) is 29.9. The molecule has 0 bridgehead atoms. The number of rotatable bonds is 31. The Morgan fingerprint density at radius 3 is 1.23 bits per heavy atom. The Morgan fingerprint density at radius 1 is 0.432 bits per heavy atom. The molecule has 1 unspecified atom stereocenters. The normalized spacial score (nSPS) is 22.0. The van der Waals surface area contributed by atoms with Crippen molar-refractivity contribution in [2.45, 2.75) is 231 Å². The maximum absolute atomic E-state index is 6.68. The lowest BCUT2D eigenvalue weighted by Gasteiger charge is -2.29. The van der Waals surface area contributed by atoms with E-state index in [0.29, 0.717) is 12.2 Å². The Kier molecular flexibility index (Phi) is 25.4. The van der Waals surface area contributed by atoms with Crippen molar-refractivity contribution in [1.82, 2.24) is 0 Å². The molecule has 1 saturated heterocycles. The molecule has 3 atom stereocenters. The van der Waals surface area contributed by atoms with Crippen LogP contribution in [0.15, 0.2) is 36.5 Å². The van der Waals surface area contributed by atoms with E-state index in [2.05, 4.69) is 50.3 Å². The van der Waals surface area contributed by atoms with Gasteiger partial charge in [0.15, 0.2) is 5.79 Å². The highest BCUT2D eigenvalue weighted by molar-refractivity contribution is 4.93. The molecular formula is C42H76O2. The van der Waals surface area contributed by atoms with Gasteiger partial charge in [0.1, 0.15) is 0 Å². The molecule has 44 heavy (non-hydrogen) atoms. The highest BCUT2D eigenvalue weighted by Gasteiger charge is 2.48. The van der Waals surface area contributed by atoms with Crippen LogP contribution in [0.3, 0.4) is 0 Å². The summed E-state index contributed by atoms with van der Waals surface area (Å²) in [7, 11) is 0. The first-order valence-electron chi connectivity index (χ1n) is 20.1. The van der Waals surface area contributed by atoms with Gasteiger partial charge < -0.3 is 9.47 Å². The maximum atomic E-state index is 6.68. The summed E-state index contributed by atoms with van der Waals surface area (Å²) in [5.41, 5.74) is 0. The first kappa shape index (κ1) is 39.3. The number of hydrogen-bond donors (Lipinski definition) is 0. The minimum Gasteiger partial charge on any atom is -0.344 e. The van der Waals surface area contributed by atoms with Gasteiger partial charge in [-0.15, -0.1) is 0 Å². The molecule has 0 radical (unpaired) electrons. The molecule has 1 heterocycles. The first-order chi connectivity index (χ1) is 21.8. The standard InChI is InChI=1S/C42H76O2/c1-3-5-7-9-11-13-15-17-19-21-23-25-27-29-31-33-38-42(43-40-36-35-37-41(40)44-42)39-34-32-30-28-26-24-22-20-18-16-14-12-10-8-6-4-2/h11,13,17-20,40-41H,3-10,12,14-16,21-39H2,1-2H3/b13-11-,19-17-,20-18-/t40-,41+,42?. The average molecular weight is 613 g/mol. The van der Waals surface area contributed by atoms with Crippen LogP contribution in [0.1, 0.15) is 213 Å². The van der Waals surface area contributed by atoms with Gasteiger partial charge in [-0.1, -0.05) is 147 Å². The Morgan fingerprint density at radius 2 is 0.773 bits per heavy atom. The monoisotopic (exact) mass is 613 g/mol. The van der Waals surface area contributed by atoms with E-state index >= 15 is 0 Å². The van der Waals surface area contributed by atoms with E-state index in [0.717, 1.165) is 19.3 Å². The van der Waals surface area contributed by atoms with Gasteiger partial charge in [0.2, 0.25) is 0 Å². The van der Waals surface area contributed by atoms with Crippen molar-refractivity contribution in [1.29, 1.82) is 0 Å². The molecule has 2 heteroatoms. The molecule has 1 saturated carbocycles. The molecule has 256 valence electrons. The summed E-state index contributed by atoms with van der Waals surface area (Å²) >= 11 is 0.